The number of hydrogen-bond donors (Lipinski definition) is 0. The normalized spacial score (nSPS) is 11.9. The highest BCUT2D eigenvalue weighted by molar-refractivity contribution is 6.22. The van der Waals surface area contributed by atoms with Crippen molar-refractivity contribution >= 4 is 32.3 Å². The van der Waals surface area contributed by atoms with Gasteiger partial charge in [0.25, 0.3) is 0 Å². The number of para-hydroxylation sites is 2. The molecule has 0 aromatic heterocycles. The molecule has 8 aromatic carbocycles. The average Bonchev–Trinajstić information content (AvgIpc) is 3.07. The summed E-state index contributed by atoms with van der Waals surface area (Å²) in [5, 5.41) is 7.38. The molecule has 0 bridgehead atoms. The first kappa shape index (κ1) is 24.0. The molecule has 0 aliphatic carbocycles. The van der Waals surface area contributed by atoms with Gasteiger partial charge in [0.2, 0.25) is 0 Å². The van der Waals surface area contributed by atoms with Crippen molar-refractivity contribution in [3.05, 3.63) is 158 Å². The summed E-state index contributed by atoms with van der Waals surface area (Å²) in [6, 6.07) is 56.6. The van der Waals surface area contributed by atoms with Crippen molar-refractivity contribution in [2.24, 2.45) is 0 Å². The Bertz CT molecular complexity index is 2300. The van der Waals surface area contributed by atoms with Crippen molar-refractivity contribution in [3.63, 3.8) is 0 Å². The van der Waals surface area contributed by atoms with Crippen LogP contribution in [0.25, 0.3) is 76.8 Å². The summed E-state index contributed by atoms with van der Waals surface area (Å²) in [7, 11) is 0. The predicted octanol–water partition coefficient (Wildman–Crippen LogP) is 11.9. The molecule has 0 fully saturated rings. The monoisotopic (exact) mass is 546 g/mol. The Morgan fingerprint density at radius 2 is 0.814 bits per heavy atom. The second-order valence-electron chi connectivity index (χ2n) is 11.2. The van der Waals surface area contributed by atoms with E-state index in [0.717, 1.165) is 28.2 Å². The Balaban J connectivity index is 1.44. The SMILES string of the molecule is c1ccc(-c2c3ccccc3c(-c3cccc4c3Oc3ccccc3-c3cccc5cccc-4c35)c3ccccc23)cc1. The topological polar surface area (TPSA) is 9.23 Å². The van der Waals surface area contributed by atoms with Gasteiger partial charge in [-0.1, -0.05) is 152 Å². The summed E-state index contributed by atoms with van der Waals surface area (Å²) in [5.41, 5.74) is 9.37. The first-order chi connectivity index (χ1) is 21.4. The van der Waals surface area contributed by atoms with Crippen LogP contribution in [0.4, 0.5) is 0 Å². The Hall–Kier alpha value is -5.66. The van der Waals surface area contributed by atoms with Crippen LogP contribution in [0, 0.1) is 0 Å². The van der Waals surface area contributed by atoms with Gasteiger partial charge in [-0.3, -0.25) is 0 Å². The maximum atomic E-state index is 7.07. The third kappa shape index (κ3) is 3.58. The third-order valence-corrected chi connectivity index (χ3v) is 8.86. The largest absolute Gasteiger partial charge is 0.455 e. The molecule has 1 heteroatoms. The summed E-state index contributed by atoms with van der Waals surface area (Å²) >= 11 is 0. The first-order valence-corrected chi connectivity index (χ1v) is 14.8. The standard InChI is InChI=1S/C42H26O/c1-2-13-27(14-3-1)40-31-18-4-6-20-33(31)41(34-21-7-5-19-32(34)40)37-25-12-24-36-35-23-11-16-28-15-10-22-30(39(28)35)29-17-8-9-26-38(29)43-42(36)37/h1-26H. The van der Waals surface area contributed by atoms with E-state index in [1.54, 1.807) is 0 Å². The van der Waals surface area contributed by atoms with E-state index in [2.05, 4.69) is 158 Å². The predicted molar refractivity (Wildman–Crippen MR) is 181 cm³/mol. The van der Waals surface area contributed by atoms with Crippen LogP contribution in [0.15, 0.2) is 158 Å². The number of fused-ring (bicyclic) bond motifs is 6. The highest BCUT2D eigenvalue weighted by Crippen LogP contribution is 2.52. The highest BCUT2D eigenvalue weighted by atomic mass is 16.5. The number of rotatable bonds is 2. The molecule has 0 unspecified atom stereocenters. The fourth-order valence-electron chi connectivity index (χ4n) is 7.07. The molecule has 9 rings (SSSR count). The fraction of sp³-hybridized carbons (Fsp3) is 0. The zero-order valence-electron chi connectivity index (χ0n) is 23.4. The molecule has 1 nitrogen and oxygen atoms in total. The second-order valence-corrected chi connectivity index (χ2v) is 11.2. The van der Waals surface area contributed by atoms with E-state index in [4.69, 9.17) is 4.74 Å². The van der Waals surface area contributed by atoms with Crippen LogP contribution in [0.3, 0.4) is 0 Å². The second kappa shape index (κ2) is 9.44. The molecular weight excluding hydrogens is 520 g/mol. The number of hydrogen-bond acceptors (Lipinski definition) is 1. The van der Waals surface area contributed by atoms with Gasteiger partial charge in [0.05, 0.1) is 0 Å². The van der Waals surface area contributed by atoms with Crippen LogP contribution in [-0.2, 0) is 0 Å². The molecule has 1 aliphatic heterocycles. The zero-order valence-corrected chi connectivity index (χ0v) is 23.4. The van der Waals surface area contributed by atoms with Gasteiger partial charge < -0.3 is 4.74 Å². The molecule has 1 aliphatic rings. The molecule has 0 N–H and O–H groups in total. The van der Waals surface area contributed by atoms with Gasteiger partial charge in [0.1, 0.15) is 11.5 Å². The van der Waals surface area contributed by atoms with Crippen LogP contribution >= 0.6 is 0 Å². The van der Waals surface area contributed by atoms with Gasteiger partial charge in [-0.15, -0.1) is 0 Å². The van der Waals surface area contributed by atoms with Gasteiger partial charge in [0, 0.05) is 22.3 Å². The van der Waals surface area contributed by atoms with Crippen molar-refractivity contribution in [1.29, 1.82) is 0 Å². The molecule has 0 amide bonds. The van der Waals surface area contributed by atoms with Gasteiger partial charge in [-0.25, -0.2) is 0 Å². The lowest BCUT2D eigenvalue weighted by Crippen LogP contribution is -1.99. The minimum absolute atomic E-state index is 0.868. The molecule has 0 atom stereocenters. The Morgan fingerprint density at radius 1 is 0.326 bits per heavy atom. The Labute approximate surface area is 250 Å². The summed E-state index contributed by atoms with van der Waals surface area (Å²) in [5.74, 6) is 1.76. The van der Waals surface area contributed by atoms with Gasteiger partial charge in [0.15, 0.2) is 0 Å². The smallest absolute Gasteiger partial charge is 0.143 e. The Kier molecular flexibility index (Phi) is 5.27. The minimum atomic E-state index is 0.868. The van der Waals surface area contributed by atoms with E-state index in [-0.39, 0.29) is 0 Å². The lowest BCUT2D eigenvalue weighted by atomic mass is 9.84. The molecule has 200 valence electrons. The minimum Gasteiger partial charge on any atom is -0.455 e. The van der Waals surface area contributed by atoms with Crippen LogP contribution in [0.1, 0.15) is 0 Å². The maximum absolute atomic E-state index is 7.07. The summed E-state index contributed by atoms with van der Waals surface area (Å²) in [6.07, 6.45) is 0. The lowest BCUT2D eigenvalue weighted by Gasteiger charge is -2.25. The molecule has 43 heavy (non-hydrogen) atoms. The van der Waals surface area contributed by atoms with Crippen LogP contribution < -0.4 is 4.74 Å². The summed E-state index contributed by atoms with van der Waals surface area (Å²) < 4.78 is 7.07. The van der Waals surface area contributed by atoms with E-state index in [1.165, 1.54) is 60.1 Å². The van der Waals surface area contributed by atoms with Crippen molar-refractivity contribution in [2.45, 2.75) is 0 Å². The maximum Gasteiger partial charge on any atom is 0.143 e. The molecule has 0 saturated carbocycles. The van der Waals surface area contributed by atoms with Crippen LogP contribution in [0.2, 0.25) is 0 Å². The Morgan fingerprint density at radius 3 is 1.51 bits per heavy atom. The average molecular weight is 547 g/mol. The first-order valence-electron chi connectivity index (χ1n) is 14.8. The molecular formula is C42H26O. The van der Waals surface area contributed by atoms with E-state index >= 15 is 0 Å². The van der Waals surface area contributed by atoms with Gasteiger partial charge >= 0.3 is 0 Å². The van der Waals surface area contributed by atoms with Crippen molar-refractivity contribution in [1.82, 2.24) is 0 Å². The van der Waals surface area contributed by atoms with E-state index in [0.29, 0.717) is 0 Å². The molecule has 0 radical (unpaired) electrons. The van der Waals surface area contributed by atoms with E-state index in [9.17, 15) is 0 Å². The van der Waals surface area contributed by atoms with Crippen molar-refractivity contribution in [2.75, 3.05) is 0 Å². The van der Waals surface area contributed by atoms with Crippen LogP contribution in [0.5, 0.6) is 11.5 Å². The quantitative estimate of drug-likeness (QED) is 0.196. The number of benzene rings is 8. The van der Waals surface area contributed by atoms with E-state index in [1.807, 2.05) is 0 Å². The molecule has 1 heterocycles. The molecule has 8 aromatic rings. The zero-order chi connectivity index (χ0) is 28.3. The third-order valence-electron chi connectivity index (χ3n) is 8.86. The number of ether oxygens (including phenoxy) is 1. The highest BCUT2D eigenvalue weighted by Gasteiger charge is 2.25. The molecule has 0 spiro atoms. The summed E-state index contributed by atoms with van der Waals surface area (Å²) in [6.45, 7) is 0. The van der Waals surface area contributed by atoms with Crippen molar-refractivity contribution in [3.8, 4) is 56.0 Å². The lowest BCUT2D eigenvalue weighted by molar-refractivity contribution is 0.488. The van der Waals surface area contributed by atoms with Gasteiger partial charge in [-0.2, -0.15) is 0 Å². The fourth-order valence-corrected chi connectivity index (χ4v) is 7.07. The molecule has 0 saturated heterocycles. The summed E-state index contributed by atoms with van der Waals surface area (Å²) in [4.78, 5) is 0. The van der Waals surface area contributed by atoms with Crippen molar-refractivity contribution < 1.29 is 4.74 Å². The van der Waals surface area contributed by atoms with Crippen LogP contribution in [-0.4, -0.2) is 0 Å². The van der Waals surface area contributed by atoms with E-state index < -0.39 is 0 Å². The van der Waals surface area contributed by atoms with Gasteiger partial charge in [-0.05, 0) is 60.6 Å².